The minimum Gasteiger partial charge on any atom is -0.460 e. The molecule has 2 aromatic carbocycles. The van der Waals surface area contributed by atoms with Crippen LogP contribution < -0.4 is 14.8 Å². The van der Waals surface area contributed by atoms with E-state index >= 15 is 0 Å². The molecule has 0 spiro atoms. The Hall–Kier alpha value is -4.20. The molecule has 2 aliphatic rings. The van der Waals surface area contributed by atoms with Crippen LogP contribution in [-0.2, 0) is 6.54 Å². The number of benzene rings is 2. The van der Waals surface area contributed by atoms with Crippen LogP contribution in [0.25, 0.3) is 11.5 Å². The van der Waals surface area contributed by atoms with Crippen LogP contribution in [0.2, 0.25) is 0 Å². The molecule has 0 unspecified atom stereocenters. The Morgan fingerprint density at radius 1 is 1.09 bits per heavy atom. The zero-order valence-corrected chi connectivity index (χ0v) is 17.3. The van der Waals surface area contributed by atoms with Crippen molar-refractivity contribution >= 4 is 11.6 Å². The molecule has 1 amide bonds. The SMILES string of the molecule is Cc1ccc(-c2[nH]ncc2[C@H]2Nc3ccccc3C(=O)N2Cc2ccc3c(c2)OCO3)o1. The Kier molecular flexibility index (Phi) is 4.17. The molecule has 2 N–H and O–H groups in total. The molecule has 8 heteroatoms. The van der Waals surface area contributed by atoms with Crippen LogP contribution in [0.1, 0.15) is 33.4 Å². The Labute approximate surface area is 183 Å². The Morgan fingerprint density at radius 3 is 2.84 bits per heavy atom. The average Bonchev–Trinajstić information content (AvgIpc) is 3.55. The van der Waals surface area contributed by atoms with Crippen molar-refractivity contribution in [1.29, 1.82) is 0 Å². The number of furan rings is 1. The van der Waals surface area contributed by atoms with E-state index in [0.717, 1.165) is 28.3 Å². The molecular weight excluding hydrogens is 408 g/mol. The normalized spacial score (nSPS) is 16.7. The topological polar surface area (TPSA) is 92.6 Å². The number of rotatable bonds is 4. The van der Waals surface area contributed by atoms with Gasteiger partial charge >= 0.3 is 0 Å². The van der Waals surface area contributed by atoms with Gasteiger partial charge in [0.1, 0.15) is 17.6 Å². The third kappa shape index (κ3) is 2.99. The molecule has 0 radical (unpaired) electrons. The number of carbonyl (C=O) groups is 1. The number of nitrogens with one attached hydrogen (secondary N) is 2. The first-order valence-electron chi connectivity index (χ1n) is 10.3. The Balaban J connectivity index is 1.42. The first-order chi connectivity index (χ1) is 15.7. The predicted molar refractivity (Wildman–Crippen MR) is 116 cm³/mol. The van der Waals surface area contributed by atoms with Gasteiger partial charge in [-0.1, -0.05) is 18.2 Å². The number of aromatic nitrogens is 2. The fourth-order valence-corrected chi connectivity index (χ4v) is 4.21. The van der Waals surface area contributed by atoms with Gasteiger partial charge in [0.05, 0.1) is 11.8 Å². The summed E-state index contributed by atoms with van der Waals surface area (Å²) in [5.74, 6) is 2.81. The number of nitrogens with zero attached hydrogens (tertiary/aromatic N) is 2. The number of fused-ring (bicyclic) bond motifs is 2. The molecule has 0 saturated carbocycles. The fraction of sp³-hybridized carbons (Fsp3) is 0.167. The van der Waals surface area contributed by atoms with Crippen LogP contribution in [-0.4, -0.2) is 27.8 Å². The number of aryl methyl sites for hydroxylation is 1. The van der Waals surface area contributed by atoms with Crippen molar-refractivity contribution in [3.63, 3.8) is 0 Å². The third-order valence-electron chi connectivity index (χ3n) is 5.76. The number of ether oxygens (including phenoxy) is 2. The molecule has 6 rings (SSSR count). The summed E-state index contributed by atoms with van der Waals surface area (Å²) in [6.07, 6.45) is 1.29. The van der Waals surface area contributed by atoms with Crippen molar-refractivity contribution in [2.24, 2.45) is 0 Å². The molecule has 2 aliphatic heterocycles. The van der Waals surface area contributed by atoms with Gasteiger partial charge in [0.2, 0.25) is 6.79 Å². The molecule has 0 saturated heterocycles. The van der Waals surface area contributed by atoms with Crippen molar-refractivity contribution in [3.8, 4) is 23.0 Å². The lowest BCUT2D eigenvalue weighted by Crippen LogP contribution is -2.42. The van der Waals surface area contributed by atoms with E-state index in [2.05, 4.69) is 15.5 Å². The molecule has 2 aromatic heterocycles. The van der Waals surface area contributed by atoms with Crippen molar-refractivity contribution < 1.29 is 18.7 Å². The number of hydrogen-bond donors (Lipinski definition) is 2. The third-order valence-corrected chi connectivity index (χ3v) is 5.76. The maximum Gasteiger partial charge on any atom is 0.258 e. The van der Waals surface area contributed by atoms with E-state index in [1.165, 1.54) is 0 Å². The van der Waals surface area contributed by atoms with Crippen LogP contribution in [0.5, 0.6) is 11.5 Å². The van der Waals surface area contributed by atoms with Gasteiger partial charge in [-0.15, -0.1) is 0 Å². The van der Waals surface area contributed by atoms with Gasteiger partial charge in [0.15, 0.2) is 17.3 Å². The highest BCUT2D eigenvalue weighted by Crippen LogP contribution is 2.39. The van der Waals surface area contributed by atoms with Gasteiger partial charge in [-0.2, -0.15) is 5.10 Å². The first kappa shape index (κ1) is 18.6. The number of hydrogen-bond acceptors (Lipinski definition) is 6. The van der Waals surface area contributed by atoms with Gasteiger partial charge in [0, 0.05) is 17.8 Å². The Morgan fingerprint density at radius 2 is 1.97 bits per heavy atom. The molecule has 8 nitrogen and oxygen atoms in total. The van der Waals surface area contributed by atoms with Crippen molar-refractivity contribution in [1.82, 2.24) is 15.1 Å². The summed E-state index contributed by atoms with van der Waals surface area (Å²) >= 11 is 0. The highest BCUT2D eigenvalue weighted by Gasteiger charge is 2.35. The van der Waals surface area contributed by atoms with E-state index < -0.39 is 6.17 Å². The summed E-state index contributed by atoms with van der Waals surface area (Å²) < 4.78 is 16.8. The summed E-state index contributed by atoms with van der Waals surface area (Å²) in [5, 5.41) is 10.8. The molecule has 1 atom stereocenters. The standard InChI is InChI=1S/C24H20N4O4/c1-14-6-8-20(32-14)22-17(11-25-27-22)23-26-18-5-3-2-4-16(18)24(29)28(23)12-15-7-9-19-21(10-15)31-13-30-19/h2-11,23,26H,12-13H2,1H3,(H,25,27)/t23-/m0/s1. The number of carbonyl (C=O) groups excluding carboxylic acids is 1. The maximum absolute atomic E-state index is 13.6. The Bertz CT molecular complexity index is 1330. The van der Waals surface area contributed by atoms with Gasteiger partial charge < -0.3 is 24.1 Å². The smallest absolute Gasteiger partial charge is 0.258 e. The van der Waals surface area contributed by atoms with Gasteiger partial charge in [-0.25, -0.2) is 0 Å². The minimum absolute atomic E-state index is 0.0650. The highest BCUT2D eigenvalue weighted by atomic mass is 16.7. The van der Waals surface area contributed by atoms with Crippen LogP contribution in [0, 0.1) is 6.92 Å². The second-order valence-corrected chi connectivity index (χ2v) is 7.82. The lowest BCUT2D eigenvalue weighted by atomic mass is 10.0. The zero-order valence-electron chi connectivity index (χ0n) is 17.3. The van der Waals surface area contributed by atoms with E-state index in [1.54, 1.807) is 11.1 Å². The number of H-pyrrole nitrogens is 1. The molecule has 0 aliphatic carbocycles. The van der Waals surface area contributed by atoms with Gasteiger partial charge in [-0.05, 0) is 48.9 Å². The lowest BCUT2D eigenvalue weighted by Gasteiger charge is -2.38. The van der Waals surface area contributed by atoms with E-state index in [-0.39, 0.29) is 12.7 Å². The van der Waals surface area contributed by atoms with Crippen molar-refractivity contribution in [3.05, 3.63) is 83.2 Å². The molecule has 0 bridgehead atoms. The maximum atomic E-state index is 13.6. The van der Waals surface area contributed by atoms with Crippen molar-refractivity contribution in [2.45, 2.75) is 19.6 Å². The summed E-state index contributed by atoms with van der Waals surface area (Å²) in [6, 6.07) is 17.1. The largest absolute Gasteiger partial charge is 0.460 e. The molecular formula is C24H20N4O4. The monoisotopic (exact) mass is 428 g/mol. The van der Waals surface area contributed by atoms with Crippen LogP contribution in [0.15, 0.2) is 65.2 Å². The minimum atomic E-state index is -0.443. The van der Waals surface area contributed by atoms with E-state index in [4.69, 9.17) is 13.9 Å². The number of para-hydroxylation sites is 1. The van der Waals surface area contributed by atoms with E-state index in [9.17, 15) is 4.79 Å². The summed E-state index contributed by atoms with van der Waals surface area (Å²) in [7, 11) is 0. The molecule has 160 valence electrons. The molecule has 32 heavy (non-hydrogen) atoms. The van der Waals surface area contributed by atoms with Crippen LogP contribution >= 0.6 is 0 Å². The summed E-state index contributed by atoms with van der Waals surface area (Å²) in [6.45, 7) is 2.48. The first-order valence-corrected chi connectivity index (χ1v) is 10.3. The average molecular weight is 428 g/mol. The number of aromatic amines is 1. The molecule has 4 aromatic rings. The molecule has 4 heterocycles. The molecule has 0 fully saturated rings. The number of amides is 1. The fourth-order valence-electron chi connectivity index (χ4n) is 4.21. The van der Waals surface area contributed by atoms with Gasteiger partial charge in [-0.3, -0.25) is 9.89 Å². The zero-order chi connectivity index (χ0) is 21.7. The number of anilines is 1. The summed E-state index contributed by atoms with van der Waals surface area (Å²) in [5.41, 5.74) is 3.91. The lowest BCUT2D eigenvalue weighted by molar-refractivity contribution is 0.0667. The quantitative estimate of drug-likeness (QED) is 0.498. The van der Waals surface area contributed by atoms with Gasteiger partial charge in [0.25, 0.3) is 5.91 Å². The second-order valence-electron chi connectivity index (χ2n) is 7.82. The van der Waals surface area contributed by atoms with Crippen LogP contribution in [0.4, 0.5) is 5.69 Å². The van der Waals surface area contributed by atoms with E-state index in [0.29, 0.717) is 29.4 Å². The van der Waals surface area contributed by atoms with E-state index in [1.807, 2.05) is 61.5 Å². The second kappa shape index (κ2) is 7.19. The van der Waals surface area contributed by atoms with Crippen molar-refractivity contribution in [2.75, 3.05) is 12.1 Å². The highest BCUT2D eigenvalue weighted by molar-refractivity contribution is 6.01. The summed E-state index contributed by atoms with van der Waals surface area (Å²) in [4.78, 5) is 15.4. The van der Waals surface area contributed by atoms with Crippen LogP contribution in [0.3, 0.4) is 0 Å². The predicted octanol–water partition coefficient (Wildman–Crippen LogP) is 4.47.